The number of esters is 1. The van der Waals surface area contributed by atoms with Crippen LogP contribution in [0.1, 0.15) is 19.8 Å². The summed E-state index contributed by atoms with van der Waals surface area (Å²) in [4.78, 5) is 11.1. The van der Waals surface area contributed by atoms with Crippen molar-refractivity contribution in [3.8, 4) is 0 Å². The van der Waals surface area contributed by atoms with Crippen LogP contribution in [0.5, 0.6) is 0 Å². The Morgan fingerprint density at radius 1 is 1.73 bits per heavy atom. The van der Waals surface area contributed by atoms with Gasteiger partial charge >= 0.3 is 5.97 Å². The van der Waals surface area contributed by atoms with Crippen LogP contribution in [-0.4, -0.2) is 18.6 Å². The summed E-state index contributed by atoms with van der Waals surface area (Å²) in [6.45, 7) is 2.32. The second-order valence-corrected chi connectivity index (χ2v) is 3.55. The highest BCUT2D eigenvalue weighted by molar-refractivity contribution is 5.78. The van der Waals surface area contributed by atoms with Gasteiger partial charge in [-0.3, -0.25) is 4.79 Å². The number of rotatable bonds is 2. The first-order chi connectivity index (χ1) is 5.20. The lowest BCUT2D eigenvalue weighted by molar-refractivity contribution is -0.145. The van der Waals surface area contributed by atoms with E-state index in [2.05, 4.69) is 0 Å². The van der Waals surface area contributed by atoms with Crippen LogP contribution in [0.3, 0.4) is 0 Å². The fourth-order valence-electron chi connectivity index (χ4n) is 1.87. The molecular weight excluding hydrogens is 142 g/mol. The zero-order valence-corrected chi connectivity index (χ0v) is 6.67. The van der Waals surface area contributed by atoms with Crippen molar-refractivity contribution in [3.63, 3.8) is 0 Å². The molecule has 2 N–H and O–H groups in total. The SMILES string of the molecule is CCOC(=O)C1CC12CC2N. The van der Waals surface area contributed by atoms with Crippen LogP contribution in [0.25, 0.3) is 0 Å². The van der Waals surface area contributed by atoms with E-state index >= 15 is 0 Å². The van der Waals surface area contributed by atoms with E-state index in [0.29, 0.717) is 6.61 Å². The highest BCUT2D eigenvalue weighted by Gasteiger charge is 2.72. The smallest absolute Gasteiger partial charge is 0.309 e. The summed E-state index contributed by atoms with van der Waals surface area (Å²) >= 11 is 0. The molecule has 1 spiro atoms. The third-order valence-corrected chi connectivity index (χ3v) is 2.87. The van der Waals surface area contributed by atoms with E-state index in [1.165, 1.54) is 0 Å². The van der Waals surface area contributed by atoms with E-state index in [1.807, 2.05) is 6.92 Å². The van der Waals surface area contributed by atoms with Crippen molar-refractivity contribution in [3.05, 3.63) is 0 Å². The molecule has 2 fully saturated rings. The highest BCUT2D eigenvalue weighted by atomic mass is 16.5. The predicted octanol–water partition coefficient (Wildman–Crippen LogP) is 0.287. The van der Waals surface area contributed by atoms with Gasteiger partial charge in [0.05, 0.1) is 12.5 Å². The van der Waals surface area contributed by atoms with E-state index in [1.54, 1.807) is 0 Å². The number of ether oxygens (including phenoxy) is 1. The Kier molecular flexibility index (Phi) is 1.27. The minimum Gasteiger partial charge on any atom is -0.466 e. The third-order valence-electron chi connectivity index (χ3n) is 2.87. The van der Waals surface area contributed by atoms with Crippen LogP contribution in [-0.2, 0) is 9.53 Å². The Bertz CT molecular complexity index is 204. The molecular formula is C8H13NO2. The Balaban J connectivity index is 1.87. The van der Waals surface area contributed by atoms with Crippen LogP contribution < -0.4 is 5.73 Å². The van der Waals surface area contributed by atoms with Gasteiger partial charge in [0, 0.05) is 11.5 Å². The van der Waals surface area contributed by atoms with E-state index < -0.39 is 0 Å². The molecule has 2 aliphatic rings. The van der Waals surface area contributed by atoms with E-state index in [4.69, 9.17) is 10.5 Å². The molecule has 3 heteroatoms. The van der Waals surface area contributed by atoms with Gasteiger partial charge in [0.25, 0.3) is 0 Å². The van der Waals surface area contributed by atoms with Crippen LogP contribution in [0.2, 0.25) is 0 Å². The van der Waals surface area contributed by atoms with E-state index in [-0.39, 0.29) is 23.3 Å². The average Bonchev–Trinajstić information content (AvgIpc) is 2.78. The zero-order chi connectivity index (χ0) is 8.06. The van der Waals surface area contributed by atoms with Crippen molar-refractivity contribution in [1.29, 1.82) is 0 Å². The van der Waals surface area contributed by atoms with Gasteiger partial charge in [-0.2, -0.15) is 0 Å². The monoisotopic (exact) mass is 155 g/mol. The predicted molar refractivity (Wildman–Crippen MR) is 39.8 cm³/mol. The standard InChI is InChI=1S/C8H13NO2/c1-2-11-7(10)5-3-8(5)4-6(8)9/h5-6H,2-4,9H2,1H3. The quantitative estimate of drug-likeness (QED) is 0.583. The Labute approximate surface area is 65.9 Å². The summed E-state index contributed by atoms with van der Waals surface area (Å²) in [6.07, 6.45) is 1.99. The van der Waals surface area contributed by atoms with E-state index in [0.717, 1.165) is 12.8 Å². The Hall–Kier alpha value is -0.570. The number of carbonyl (C=O) groups excluding carboxylic acids is 1. The molecule has 0 bridgehead atoms. The van der Waals surface area contributed by atoms with Crippen LogP contribution in [0.4, 0.5) is 0 Å². The van der Waals surface area contributed by atoms with Crippen molar-refractivity contribution >= 4 is 5.97 Å². The molecule has 0 aliphatic heterocycles. The van der Waals surface area contributed by atoms with Gasteiger partial charge in [-0.25, -0.2) is 0 Å². The first kappa shape index (κ1) is 7.10. The lowest BCUT2D eigenvalue weighted by Crippen LogP contribution is -2.11. The molecule has 3 nitrogen and oxygen atoms in total. The summed E-state index contributed by atoms with van der Waals surface area (Å²) in [6, 6.07) is 0.275. The van der Waals surface area contributed by atoms with Crippen molar-refractivity contribution in [2.24, 2.45) is 17.1 Å². The van der Waals surface area contributed by atoms with Crippen molar-refractivity contribution in [1.82, 2.24) is 0 Å². The van der Waals surface area contributed by atoms with Gasteiger partial charge in [0.15, 0.2) is 0 Å². The molecule has 11 heavy (non-hydrogen) atoms. The Morgan fingerprint density at radius 3 is 2.73 bits per heavy atom. The molecule has 2 aliphatic carbocycles. The molecule has 0 radical (unpaired) electrons. The summed E-state index contributed by atoms with van der Waals surface area (Å²) in [7, 11) is 0. The lowest BCUT2D eigenvalue weighted by atomic mass is 10.3. The third kappa shape index (κ3) is 0.872. The van der Waals surface area contributed by atoms with Gasteiger partial charge in [-0.05, 0) is 19.8 Å². The minimum absolute atomic E-state index is 0.0412. The van der Waals surface area contributed by atoms with Crippen molar-refractivity contribution in [2.45, 2.75) is 25.8 Å². The maximum absolute atomic E-state index is 11.1. The first-order valence-corrected chi connectivity index (χ1v) is 4.13. The number of carbonyl (C=O) groups is 1. The summed E-state index contributed by atoms with van der Waals surface area (Å²) in [5.74, 6) is 0.0953. The lowest BCUT2D eigenvalue weighted by Gasteiger charge is -1.98. The molecule has 0 amide bonds. The van der Waals surface area contributed by atoms with Gasteiger partial charge in [-0.1, -0.05) is 0 Å². The first-order valence-electron chi connectivity index (χ1n) is 4.13. The summed E-state index contributed by atoms with van der Waals surface area (Å²) < 4.78 is 4.90. The molecule has 0 heterocycles. The topological polar surface area (TPSA) is 52.3 Å². The summed E-state index contributed by atoms with van der Waals surface area (Å²) in [5, 5.41) is 0. The second kappa shape index (κ2) is 1.97. The second-order valence-electron chi connectivity index (χ2n) is 3.55. The average molecular weight is 155 g/mol. The highest BCUT2D eigenvalue weighted by Crippen LogP contribution is 2.69. The minimum atomic E-state index is -0.0412. The van der Waals surface area contributed by atoms with Gasteiger partial charge in [0.1, 0.15) is 0 Å². The van der Waals surface area contributed by atoms with Gasteiger partial charge < -0.3 is 10.5 Å². The molecule has 0 aromatic heterocycles. The number of hydrogen-bond acceptors (Lipinski definition) is 3. The van der Waals surface area contributed by atoms with Crippen LogP contribution in [0.15, 0.2) is 0 Å². The van der Waals surface area contributed by atoms with Gasteiger partial charge in [0.2, 0.25) is 0 Å². The molecule has 0 aromatic rings. The van der Waals surface area contributed by atoms with E-state index in [9.17, 15) is 4.79 Å². The molecule has 0 aromatic carbocycles. The maximum Gasteiger partial charge on any atom is 0.309 e. The number of nitrogens with two attached hydrogens (primary N) is 1. The molecule has 2 saturated carbocycles. The summed E-state index contributed by atoms with van der Waals surface area (Å²) in [5.41, 5.74) is 5.88. The molecule has 62 valence electrons. The normalized spacial score (nSPS) is 45.6. The van der Waals surface area contributed by atoms with Gasteiger partial charge in [-0.15, -0.1) is 0 Å². The number of hydrogen-bond donors (Lipinski definition) is 1. The molecule has 3 unspecified atom stereocenters. The fourth-order valence-corrected chi connectivity index (χ4v) is 1.87. The van der Waals surface area contributed by atoms with Crippen molar-refractivity contribution in [2.75, 3.05) is 6.61 Å². The molecule has 3 atom stereocenters. The molecule has 2 rings (SSSR count). The van der Waals surface area contributed by atoms with Crippen LogP contribution in [0, 0.1) is 11.3 Å². The Morgan fingerprint density at radius 2 is 2.36 bits per heavy atom. The largest absolute Gasteiger partial charge is 0.466 e. The van der Waals surface area contributed by atoms with Crippen molar-refractivity contribution < 1.29 is 9.53 Å². The fraction of sp³-hybridized carbons (Fsp3) is 0.875. The molecule has 0 saturated heterocycles. The van der Waals surface area contributed by atoms with Crippen LogP contribution >= 0.6 is 0 Å². The maximum atomic E-state index is 11.1. The zero-order valence-electron chi connectivity index (χ0n) is 6.67.